The van der Waals surface area contributed by atoms with Crippen molar-refractivity contribution in [3.63, 3.8) is 0 Å². The average molecular weight is 409 g/mol. The minimum absolute atomic E-state index is 0.0810. The Morgan fingerprint density at radius 1 is 1.25 bits per heavy atom. The summed E-state index contributed by atoms with van der Waals surface area (Å²) in [4.78, 5) is 11.7. The molecule has 1 aliphatic carbocycles. The maximum Gasteiger partial charge on any atom is 0.314 e. The van der Waals surface area contributed by atoms with Crippen LogP contribution < -0.4 is 4.74 Å². The van der Waals surface area contributed by atoms with Crippen LogP contribution in [0.3, 0.4) is 0 Å². The van der Waals surface area contributed by atoms with Gasteiger partial charge in [-0.3, -0.25) is 4.79 Å². The van der Waals surface area contributed by atoms with Crippen LogP contribution in [0.5, 0.6) is 5.75 Å². The molecule has 1 saturated carbocycles. The number of esters is 1. The van der Waals surface area contributed by atoms with E-state index in [1.807, 2.05) is 22.6 Å². The summed E-state index contributed by atoms with van der Waals surface area (Å²) in [6.07, 6.45) is 4.89. The van der Waals surface area contributed by atoms with Crippen LogP contribution in [0.1, 0.15) is 32.1 Å². The van der Waals surface area contributed by atoms with Gasteiger partial charge < -0.3 is 9.29 Å². The first-order valence-corrected chi connectivity index (χ1v) is 8.84. The van der Waals surface area contributed by atoms with Gasteiger partial charge in [-0.05, 0) is 53.6 Å². The second kappa shape index (κ2) is 6.40. The molecule has 2 rings (SSSR count). The van der Waals surface area contributed by atoms with Crippen LogP contribution >= 0.6 is 22.6 Å². The van der Waals surface area contributed by atoms with E-state index in [1.54, 1.807) is 0 Å². The van der Waals surface area contributed by atoms with Crippen molar-refractivity contribution in [3.8, 4) is 5.75 Å². The van der Waals surface area contributed by atoms with Gasteiger partial charge in [0.2, 0.25) is 0 Å². The summed E-state index contributed by atoms with van der Waals surface area (Å²) in [5.74, 6) is -0.0589. The third-order valence-electron chi connectivity index (χ3n) is 3.34. The van der Waals surface area contributed by atoms with Crippen molar-refractivity contribution in [1.82, 2.24) is 0 Å². The fraction of sp³-hybridized carbons (Fsp3) is 0.462. The molecular weight excluding hydrogens is 395 g/mol. The Bertz CT molecular complexity index is 605. The van der Waals surface area contributed by atoms with E-state index in [0.29, 0.717) is 9.32 Å². The van der Waals surface area contributed by atoms with Crippen LogP contribution in [0.4, 0.5) is 0 Å². The number of ether oxygens (including phenoxy) is 1. The number of benzene rings is 1. The van der Waals surface area contributed by atoms with Crippen LogP contribution in [0.2, 0.25) is 0 Å². The van der Waals surface area contributed by atoms with Crippen molar-refractivity contribution >= 4 is 38.7 Å². The Hall–Kier alpha value is -0.670. The highest BCUT2D eigenvalue weighted by molar-refractivity contribution is 14.1. The molecule has 0 heterocycles. The van der Waals surface area contributed by atoms with Gasteiger partial charge in [-0.1, -0.05) is 19.3 Å². The number of rotatable bonds is 3. The lowest BCUT2D eigenvalue weighted by molar-refractivity contribution is -0.140. The predicted molar refractivity (Wildman–Crippen MR) is 79.3 cm³/mol. The molecule has 0 bridgehead atoms. The Morgan fingerprint density at radius 3 is 2.45 bits per heavy atom. The molecule has 0 radical (unpaired) electrons. The molecule has 1 fully saturated rings. The zero-order valence-corrected chi connectivity index (χ0v) is 13.6. The number of carbonyl (C=O) groups excluding carboxylic acids is 1. The number of hydrogen-bond donors (Lipinski definition) is 0. The molecule has 110 valence electrons. The van der Waals surface area contributed by atoms with E-state index in [0.717, 1.165) is 38.2 Å². The fourth-order valence-electron chi connectivity index (χ4n) is 2.25. The quantitative estimate of drug-likeness (QED) is 0.332. The van der Waals surface area contributed by atoms with Gasteiger partial charge >= 0.3 is 5.97 Å². The number of carbonyl (C=O) groups is 1. The van der Waals surface area contributed by atoms with Crippen LogP contribution in [-0.4, -0.2) is 18.9 Å². The third-order valence-corrected chi connectivity index (χ3v) is 5.02. The second-order valence-corrected chi connectivity index (χ2v) is 7.34. The molecule has 0 amide bonds. The van der Waals surface area contributed by atoms with Gasteiger partial charge in [-0.2, -0.15) is 0 Å². The molecule has 0 N–H and O–H groups in total. The van der Waals surface area contributed by atoms with E-state index >= 15 is 0 Å². The number of hydrogen-bond acceptors (Lipinski definition) is 5. The summed E-state index contributed by atoms with van der Waals surface area (Å²) in [7, 11) is -4.49. The Labute approximate surface area is 131 Å². The van der Waals surface area contributed by atoms with Crippen molar-refractivity contribution in [2.75, 3.05) is 0 Å². The first-order valence-electron chi connectivity index (χ1n) is 6.35. The van der Waals surface area contributed by atoms with E-state index in [2.05, 4.69) is 0 Å². The number of halogens is 1. The van der Waals surface area contributed by atoms with Gasteiger partial charge in [0.15, 0.2) is 0 Å². The van der Waals surface area contributed by atoms with Gasteiger partial charge in [-0.25, -0.2) is 8.42 Å². The van der Waals surface area contributed by atoms with E-state index in [1.165, 1.54) is 12.1 Å². The molecule has 20 heavy (non-hydrogen) atoms. The van der Waals surface area contributed by atoms with E-state index in [4.69, 9.17) is 4.74 Å². The maximum atomic E-state index is 12.0. The summed E-state index contributed by atoms with van der Waals surface area (Å²) in [6, 6.07) is 3.73. The van der Waals surface area contributed by atoms with E-state index in [-0.39, 0.29) is 16.8 Å². The molecule has 1 aliphatic rings. The van der Waals surface area contributed by atoms with Crippen LogP contribution in [0.25, 0.3) is 0 Å². The lowest BCUT2D eigenvalue weighted by atomic mass is 9.89. The molecule has 5 nitrogen and oxygen atoms in total. The lowest BCUT2D eigenvalue weighted by Crippen LogP contribution is -2.23. The predicted octanol–water partition coefficient (Wildman–Crippen LogP) is 2.68. The summed E-state index contributed by atoms with van der Waals surface area (Å²) in [6.45, 7) is 0. The highest BCUT2D eigenvalue weighted by Gasteiger charge is 2.23. The molecule has 0 atom stereocenters. The summed E-state index contributed by atoms with van der Waals surface area (Å²) in [5.41, 5.74) is 0. The Morgan fingerprint density at radius 2 is 1.90 bits per heavy atom. The van der Waals surface area contributed by atoms with Crippen LogP contribution in [0.15, 0.2) is 23.1 Å². The van der Waals surface area contributed by atoms with Gasteiger partial charge in [0.05, 0.1) is 14.4 Å². The first-order chi connectivity index (χ1) is 9.38. The van der Waals surface area contributed by atoms with Gasteiger partial charge in [0.25, 0.3) is 0 Å². The van der Waals surface area contributed by atoms with Gasteiger partial charge in [0.1, 0.15) is 15.9 Å². The molecule has 7 heteroatoms. The Kier molecular flexibility index (Phi) is 5.03. The minimum Gasteiger partial charge on any atom is -0.744 e. The summed E-state index contributed by atoms with van der Waals surface area (Å²) < 4.78 is 38.4. The lowest BCUT2D eigenvalue weighted by Gasteiger charge is -2.20. The average Bonchev–Trinajstić information content (AvgIpc) is 2.41. The van der Waals surface area contributed by atoms with Crippen molar-refractivity contribution in [2.45, 2.75) is 37.0 Å². The van der Waals surface area contributed by atoms with Crippen molar-refractivity contribution in [3.05, 3.63) is 21.8 Å². The van der Waals surface area contributed by atoms with Crippen molar-refractivity contribution in [1.29, 1.82) is 0 Å². The van der Waals surface area contributed by atoms with E-state index in [9.17, 15) is 17.8 Å². The fourth-order valence-corrected chi connectivity index (χ4v) is 3.58. The van der Waals surface area contributed by atoms with Gasteiger partial charge in [0, 0.05) is 0 Å². The smallest absolute Gasteiger partial charge is 0.314 e. The standard InChI is InChI=1S/C13H15IO5S/c14-11-8-10(20(16,17)18)6-7-12(11)19-13(15)9-4-2-1-3-5-9/h6-9H,1-5H2,(H,16,17,18)/p-1. The molecule has 0 unspecified atom stereocenters. The molecule has 0 spiro atoms. The second-order valence-electron chi connectivity index (χ2n) is 4.80. The highest BCUT2D eigenvalue weighted by atomic mass is 127. The van der Waals surface area contributed by atoms with Gasteiger partial charge in [-0.15, -0.1) is 0 Å². The zero-order chi connectivity index (χ0) is 14.8. The van der Waals surface area contributed by atoms with Crippen LogP contribution in [0, 0.1) is 9.49 Å². The molecule has 1 aromatic carbocycles. The SMILES string of the molecule is O=C(Oc1ccc(S(=O)(=O)[O-])cc1I)C1CCCCC1. The van der Waals surface area contributed by atoms with Crippen LogP contribution in [-0.2, 0) is 14.9 Å². The largest absolute Gasteiger partial charge is 0.744 e. The third kappa shape index (κ3) is 3.92. The minimum atomic E-state index is -4.49. The van der Waals surface area contributed by atoms with Crippen molar-refractivity contribution < 1.29 is 22.5 Å². The summed E-state index contributed by atoms with van der Waals surface area (Å²) in [5, 5.41) is 0. The highest BCUT2D eigenvalue weighted by Crippen LogP contribution is 2.28. The first kappa shape index (κ1) is 15.7. The molecule has 0 aliphatic heterocycles. The zero-order valence-electron chi connectivity index (χ0n) is 10.7. The van der Waals surface area contributed by atoms with Crippen molar-refractivity contribution in [2.24, 2.45) is 5.92 Å². The van der Waals surface area contributed by atoms with E-state index < -0.39 is 10.1 Å². The summed E-state index contributed by atoms with van der Waals surface area (Å²) >= 11 is 1.85. The normalized spacial score (nSPS) is 16.9. The maximum absolute atomic E-state index is 12.0. The monoisotopic (exact) mass is 409 g/mol. The molecule has 0 aromatic heterocycles. The molecular formula is C13H14IO5S-. The Balaban J connectivity index is 2.11. The molecule has 0 saturated heterocycles. The topological polar surface area (TPSA) is 83.5 Å². The molecule has 1 aromatic rings.